The molecule has 2 N–H and O–H groups in total. The number of H-pyrrole nitrogens is 1. The number of rotatable bonds is 7. The Bertz CT molecular complexity index is 1590. The summed E-state index contributed by atoms with van der Waals surface area (Å²) < 4.78 is 21.4. The molecule has 0 bridgehead atoms. The molecule has 36 heavy (non-hydrogen) atoms. The standard InChI is InChI=1S/C24H18ClN6O4P/c1-34-31-13-17(11-28-14-31)12-29-24(32)22-23(20-8-18(25)3-4-21(20)30-22)36(33,35-2)19-6-15(9-26)5-16(7-19)10-27/h3-8,11,13-14H,12H2,1-2H3,(H-,29,30,32,33)/p+1. The van der Waals surface area contributed by atoms with Crippen LogP contribution in [0.25, 0.3) is 10.9 Å². The van der Waals surface area contributed by atoms with Crippen molar-refractivity contribution in [1.29, 1.82) is 10.5 Å². The molecule has 12 heteroatoms. The Morgan fingerprint density at radius 2 is 1.92 bits per heavy atom. The number of carbonyl (C=O) groups excluding carboxylic acids is 1. The summed E-state index contributed by atoms with van der Waals surface area (Å²) in [6.45, 7) is 0.103. The number of benzene rings is 2. The van der Waals surface area contributed by atoms with E-state index >= 15 is 0 Å². The molecule has 4 rings (SSSR count). The van der Waals surface area contributed by atoms with Gasteiger partial charge >= 0.3 is 6.33 Å². The van der Waals surface area contributed by atoms with E-state index in [1.54, 1.807) is 30.6 Å². The average molecular weight is 522 g/mol. The van der Waals surface area contributed by atoms with E-state index in [1.165, 1.54) is 43.5 Å². The molecule has 1 amide bonds. The third-order valence-corrected chi connectivity index (χ3v) is 8.15. The lowest BCUT2D eigenvalue weighted by molar-refractivity contribution is -0.887. The van der Waals surface area contributed by atoms with Crippen LogP contribution in [0.3, 0.4) is 0 Å². The number of nitrogens with one attached hydrogen (secondary N) is 2. The molecule has 2 aromatic heterocycles. The van der Waals surface area contributed by atoms with Gasteiger partial charge in [0.2, 0.25) is 0 Å². The first-order chi connectivity index (χ1) is 17.3. The molecule has 2 aromatic carbocycles. The summed E-state index contributed by atoms with van der Waals surface area (Å²) in [6.07, 6.45) is 4.68. The maximum atomic E-state index is 14.5. The van der Waals surface area contributed by atoms with Gasteiger partial charge in [-0.1, -0.05) is 21.3 Å². The fourth-order valence-electron chi connectivity index (χ4n) is 3.74. The molecule has 1 unspecified atom stereocenters. The zero-order chi connectivity index (χ0) is 25.9. The van der Waals surface area contributed by atoms with E-state index in [2.05, 4.69) is 15.3 Å². The normalized spacial score (nSPS) is 12.4. The Morgan fingerprint density at radius 1 is 1.19 bits per heavy atom. The van der Waals surface area contributed by atoms with Gasteiger partial charge in [0.1, 0.15) is 25.2 Å². The van der Waals surface area contributed by atoms with E-state index < -0.39 is 13.3 Å². The number of hydrogen-bond acceptors (Lipinski definition) is 7. The second kappa shape index (κ2) is 10.2. The van der Waals surface area contributed by atoms with Gasteiger partial charge < -0.3 is 19.7 Å². The van der Waals surface area contributed by atoms with Crippen LogP contribution in [0, 0.1) is 22.7 Å². The number of nitrogens with zero attached hydrogens (tertiary/aromatic N) is 4. The minimum absolute atomic E-state index is 0.00169. The van der Waals surface area contributed by atoms with Crippen LogP contribution in [0.1, 0.15) is 27.2 Å². The van der Waals surface area contributed by atoms with Crippen molar-refractivity contribution >= 4 is 46.4 Å². The van der Waals surface area contributed by atoms with E-state index in [1.807, 2.05) is 12.1 Å². The first kappa shape index (κ1) is 24.9. The van der Waals surface area contributed by atoms with E-state index in [-0.39, 0.29) is 34.0 Å². The largest absolute Gasteiger partial charge is 0.350 e. The number of halogens is 1. The summed E-state index contributed by atoms with van der Waals surface area (Å²) >= 11 is 6.23. The predicted octanol–water partition coefficient (Wildman–Crippen LogP) is 2.11. The summed E-state index contributed by atoms with van der Waals surface area (Å²) in [7, 11) is -1.27. The van der Waals surface area contributed by atoms with Crippen molar-refractivity contribution in [3.8, 4) is 12.1 Å². The molecule has 180 valence electrons. The van der Waals surface area contributed by atoms with Gasteiger partial charge in [-0.15, -0.1) is 0 Å². The zero-order valence-corrected chi connectivity index (χ0v) is 20.8. The maximum Gasteiger partial charge on any atom is 0.324 e. The molecule has 0 spiro atoms. The molecule has 1 atom stereocenters. The molecular formula is C24H19ClN6O4P+. The number of aromatic amines is 1. The number of aromatic nitrogens is 3. The molecule has 0 saturated heterocycles. The molecule has 2 heterocycles. The van der Waals surface area contributed by atoms with Crippen molar-refractivity contribution in [1.82, 2.24) is 15.3 Å². The van der Waals surface area contributed by atoms with E-state index in [0.717, 1.165) is 0 Å². The van der Waals surface area contributed by atoms with Gasteiger partial charge in [0.15, 0.2) is 0 Å². The first-order valence-electron chi connectivity index (χ1n) is 10.4. The van der Waals surface area contributed by atoms with Crippen molar-refractivity contribution in [3.63, 3.8) is 0 Å². The van der Waals surface area contributed by atoms with Crippen LogP contribution in [0.15, 0.2) is 55.1 Å². The van der Waals surface area contributed by atoms with Crippen molar-refractivity contribution in [2.75, 3.05) is 14.2 Å². The van der Waals surface area contributed by atoms with E-state index in [4.69, 9.17) is 21.0 Å². The Labute approximate surface area is 211 Å². The molecule has 0 radical (unpaired) electrons. The number of fused-ring (bicyclic) bond motifs is 1. The van der Waals surface area contributed by atoms with Gasteiger partial charge in [-0.05, 0) is 36.4 Å². The molecule has 10 nitrogen and oxygen atoms in total. The Kier molecular flexibility index (Phi) is 7.05. The molecule has 0 aliphatic carbocycles. The highest BCUT2D eigenvalue weighted by molar-refractivity contribution is 7.75. The Morgan fingerprint density at radius 3 is 2.56 bits per heavy atom. The highest BCUT2D eigenvalue weighted by Crippen LogP contribution is 2.47. The summed E-state index contributed by atoms with van der Waals surface area (Å²) in [5.74, 6) is -0.556. The van der Waals surface area contributed by atoms with Gasteiger partial charge in [0, 0.05) is 28.3 Å². The maximum absolute atomic E-state index is 14.5. The summed E-state index contributed by atoms with van der Waals surface area (Å²) in [4.78, 5) is 25.5. The fraction of sp³-hybridized carbons (Fsp3) is 0.125. The van der Waals surface area contributed by atoms with Crippen LogP contribution in [-0.4, -0.2) is 30.1 Å². The second-order valence-electron chi connectivity index (χ2n) is 7.59. The van der Waals surface area contributed by atoms with E-state index in [9.17, 15) is 19.9 Å². The lowest BCUT2D eigenvalue weighted by Gasteiger charge is -2.18. The number of hydrogen-bond donors (Lipinski definition) is 2. The van der Waals surface area contributed by atoms with Crippen LogP contribution in [0.4, 0.5) is 0 Å². The lowest BCUT2D eigenvalue weighted by atomic mass is 10.1. The van der Waals surface area contributed by atoms with Crippen LogP contribution in [0.2, 0.25) is 5.02 Å². The molecular weight excluding hydrogens is 503 g/mol. The van der Waals surface area contributed by atoms with Crippen LogP contribution in [-0.2, 0) is 15.6 Å². The number of amides is 1. The predicted molar refractivity (Wildman–Crippen MR) is 131 cm³/mol. The highest BCUT2D eigenvalue weighted by atomic mass is 35.5. The Hall–Kier alpha value is -4.21. The molecule has 0 aliphatic heterocycles. The molecule has 0 saturated carbocycles. The average Bonchev–Trinajstić information content (AvgIpc) is 3.30. The van der Waals surface area contributed by atoms with Crippen molar-refractivity contribution in [2.24, 2.45) is 0 Å². The quantitative estimate of drug-likeness (QED) is 0.280. The van der Waals surface area contributed by atoms with Crippen molar-refractivity contribution in [2.45, 2.75) is 6.54 Å². The van der Waals surface area contributed by atoms with Crippen LogP contribution >= 0.6 is 19.0 Å². The van der Waals surface area contributed by atoms with Gasteiger partial charge in [-0.3, -0.25) is 9.36 Å². The van der Waals surface area contributed by atoms with Crippen molar-refractivity contribution < 1.29 is 23.5 Å². The Balaban J connectivity index is 1.86. The summed E-state index contributed by atoms with van der Waals surface area (Å²) in [5, 5.41) is 22.6. The minimum atomic E-state index is -3.99. The third-order valence-electron chi connectivity index (χ3n) is 5.41. The van der Waals surface area contributed by atoms with E-state index in [0.29, 0.717) is 21.5 Å². The monoisotopic (exact) mass is 521 g/mol. The first-order valence-corrected chi connectivity index (χ1v) is 12.4. The number of nitriles is 2. The fourth-order valence-corrected chi connectivity index (χ4v) is 6.14. The SMILES string of the molecule is CO[n+]1cncc(CNC(=O)c2[nH]c3ccc(Cl)cc3c2P(=O)(OC)c2cc(C#N)cc(C#N)c2)c1. The van der Waals surface area contributed by atoms with Gasteiger partial charge in [-0.2, -0.15) is 10.5 Å². The second-order valence-corrected chi connectivity index (χ2v) is 10.5. The smallest absolute Gasteiger partial charge is 0.324 e. The zero-order valence-electron chi connectivity index (χ0n) is 19.2. The summed E-state index contributed by atoms with van der Waals surface area (Å²) in [6, 6.07) is 12.9. The van der Waals surface area contributed by atoms with Gasteiger partial charge in [0.05, 0.1) is 40.7 Å². The highest BCUT2D eigenvalue weighted by Gasteiger charge is 2.36. The lowest BCUT2D eigenvalue weighted by Crippen LogP contribution is -2.41. The molecule has 0 fully saturated rings. The van der Waals surface area contributed by atoms with Crippen LogP contribution in [0.5, 0.6) is 0 Å². The van der Waals surface area contributed by atoms with Crippen LogP contribution < -0.4 is 25.5 Å². The molecule has 0 aliphatic rings. The van der Waals surface area contributed by atoms with Gasteiger partial charge in [0.25, 0.3) is 13.3 Å². The summed E-state index contributed by atoms with van der Waals surface area (Å²) in [5.41, 5.74) is 1.43. The van der Waals surface area contributed by atoms with Gasteiger partial charge in [-0.25, -0.2) is 0 Å². The molecule has 4 aromatic rings. The third kappa shape index (κ3) is 4.66. The number of carbonyl (C=O) groups is 1. The topological polar surface area (TPSA) is 145 Å². The van der Waals surface area contributed by atoms with Crippen molar-refractivity contribution in [3.05, 3.63) is 82.5 Å². The minimum Gasteiger partial charge on any atom is -0.350 e.